The van der Waals surface area contributed by atoms with E-state index in [9.17, 15) is 9.59 Å². The fourth-order valence-electron chi connectivity index (χ4n) is 5.80. The highest BCUT2D eigenvalue weighted by Gasteiger charge is 2.29. The molecule has 0 aliphatic carbocycles. The van der Waals surface area contributed by atoms with Crippen LogP contribution in [0.4, 0.5) is 0 Å². The van der Waals surface area contributed by atoms with Gasteiger partial charge in [0.25, 0.3) is 0 Å². The van der Waals surface area contributed by atoms with Crippen molar-refractivity contribution in [2.45, 2.75) is 224 Å². The molecule has 0 rings (SSSR count). The zero-order valence-electron chi connectivity index (χ0n) is 30.4. The van der Waals surface area contributed by atoms with Crippen molar-refractivity contribution in [2.75, 3.05) is 13.2 Å². The van der Waals surface area contributed by atoms with E-state index in [1.807, 2.05) is 0 Å². The monoisotopic (exact) mass is 718 g/mol. The van der Waals surface area contributed by atoms with Crippen LogP contribution in [0.25, 0.3) is 0 Å². The summed E-state index contributed by atoms with van der Waals surface area (Å²) in [5.41, 5.74) is 0. The van der Waals surface area contributed by atoms with Crippen LogP contribution in [0.2, 0.25) is 0 Å². The smallest absolute Gasteiger partial charge is 0.296 e. The molecular formula is C39H75BrO6. The van der Waals surface area contributed by atoms with Gasteiger partial charge < -0.3 is 0 Å². The third kappa shape index (κ3) is 34.7. The number of hydrogen-bond donors (Lipinski definition) is 0. The van der Waals surface area contributed by atoms with Crippen molar-refractivity contribution < 1.29 is 29.1 Å². The Bertz CT molecular complexity index is 580. The van der Waals surface area contributed by atoms with Crippen molar-refractivity contribution in [1.82, 2.24) is 0 Å². The first kappa shape index (κ1) is 45.3. The van der Waals surface area contributed by atoms with Gasteiger partial charge in [0.2, 0.25) is 4.83 Å². The summed E-state index contributed by atoms with van der Waals surface area (Å²) in [6.07, 6.45) is 41.6. The molecule has 0 atom stereocenters. The number of carbonyl (C=O) groups is 2. The number of rotatable bonds is 38. The van der Waals surface area contributed by atoms with Crippen molar-refractivity contribution >= 4 is 27.9 Å². The second kappa shape index (κ2) is 38.8. The fraction of sp³-hybridized carbons (Fsp3) is 0.949. The summed E-state index contributed by atoms with van der Waals surface area (Å²) in [4.78, 5) is 42.2. The molecule has 0 bridgehead atoms. The third-order valence-corrected chi connectivity index (χ3v) is 9.61. The average molecular weight is 720 g/mol. The Morgan fingerprint density at radius 2 is 0.565 bits per heavy atom. The first-order valence-electron chi connectivity index (χ1n) is 19.9. The van der Waals surface area contributed by atoms with Crippen LogP contribution in [0.5, 0.6) is 0 Å². The van der Waals surface area contributed by atoms with Crippen LogP contribution in [-0.2, 0) is 29.1 Å². The van der Waals surface area contributed by atoms with Gasteiger partial charge in [-0.15, -0.1) is 0 Å². The molecule has 0 aromatic carbocycles. The van der Waals surface area contributed by atoms with E-state index in [1.54, 1.807) is 0 Å². The lowest BCUT2D eigenvalue weighted by atomic mass is 10.0. The van der Waals surface area contributed by atoms with Crippen LogP contribution >= 0.6 is 15.9 Å². The molecule has 0 saturated carbocycles. The van der Waals surface area contributed by atoms with Crippen molar-refractivity contribution in [2.24, 2.45) is 0 Å². The van der Waals surface area contributed by atoms with Gasteiger partial charge in [-0.3, -0.25) is 9.78 Å². The van der Waals surface area contributed by atoms with Gasteiger partial charge in [-0.1, -0.05) is 222 Å². The molecule has 0 aromatic rings. The van der Waals surface area contributed by atoms with Crippen molar-refractivity contribution in [3.8, 4) is 0 Å². The minimum absolute atomic E-state index is 0.328. The first-order chi connectivity index (χ1) is 22.6. The number of halogens is 1. The van der Waals surface area contributed by atoms with Crippen LogP contribution in [0, 0.1) is 0 Å². The number of carbonyl (C=O) groups excluding carboxylic acids is 2. The van der Waals surface area contributed by atoms with Gasteiger partial charge in [-0.25, -0.2) is 9.59 Å². The highest BCUT2D eigenvalue weighted by molar-refractivity contribution is 9.10. The van der Waals surface area contributed by atoms with Crippen LogP contribution in [0.3, 0.4) is 0 Å². The van der Waals surface area contributed by atoms with Gasteiger partial charge in [-0.05, 0) is 12.8 Å². The molecule has 0 N–H and O–H groups in total. The van der Waals surface area contributed by atoms with Gasteiger partial charge in [0.05, 0.1) is 13.2 Å². The highest BCUT2D eigenvalue weighted by atomic mass is 79.9. The lowest BCUT2D eigenvalue weighted by molar-refractivity contribution is -0.282. The van der Waals surface area contributed by atoms with E-state index in [0.717, 1.165) is 25.7 Å². The molecule has 0 aliphatic heterocycles. The molecule has 6 nitrogen and oxygen atoms in total. The topological polar surface area (TPSA) is 71.1 Å². The second-order valence-electron chi connectivity index (χ2n) is 13.4. The van der Waals surface area contributed by atoms with Gasteiger partial charge >= 0.3 is 11.9 Å². The zero-order valence-corrected chi connectivity index (χ0v) is 32.0. The summed E-state index contributed by atoms with van der Waals surface area (Å²) in [6.45, 7) is 5.20. The molecule has 0 unspecified atom stereocenters. The minimum atomic E-state index is -1.26. The predicted molar refractivity (Wildman–Crippen MR) is 196 cm³/mol. The Balaban J connectivity index is 3.37. The van der Waals surface area contributed by atoms with E-state index in [4.69, 9.17) is 19.6 Å². The van der Waals surface area contributed by atoms with Crippen molar-refractivity contribution in [3.05, 3.63) is 0 Å². The predicted octanol–water partition coefficient (Wildman–Crippen LogP) is 13.2. The summed E-state index contributed by atoms with van der Waals surface area (Å²) in [6, 6.07) is 0. The van der Waals surface area contributed by atoms with Crippen molar-refractivity contribution in [3.63, 3.8) is 0 Å². The molecule has 46 heavy (non-hydrogen) atoms. The van der Waals surface area contributed by atoms with E-state index >= 15 is 0 Å². The lowest BCUT2D eigenvalue weighted by Crippen LogP contribution is -2.28. The maximum atomic E-state index is 12.0. The van der Waals surface area contributed by atoms with E-state index in [2.05, 4.69) is 29.8 Å². The normalized spacial score (nSPS) is 11.4. The SMILES string of the molecule is CCCCCCCCCCCCCCCCCCOOC(=O)C(Br)C(=O)OOCCCCCCCCCCCCCCCCCC. The van der Waals surface area contributed by atoms with Crippen molar-refractivity contribution in [1.29, 1.82) is 0 Å². The molecule has 274 valence electrons. The van der Waals surface area contributed by atoms with E-state index in [1.165, 1.54) is 180 Å². The fourth-order valence-corrected chi connectivity index (χ4v) is 5.95. The number of unbranched alkanes of at least 4 members (excludes halogenated alkanes) is 30. The third-order valence-electron chi connectivity index (χ3n) is 8.86. The second-order valence-corrected chi connectivity index (χ2v) is 14.3. The standard InChI is InChI=1S/C39H75BrO6/c1-3-5-7-9-11-13-15-17-19-21-23-25-27-29-31-33-35-43-45-38(41)37(40)39(42)46-44-36-34-32-30-28-26-24-22-20-18-16-14-12-10-8-6-4-2/h37H,3-36H2,1-2H3. The van der Waals surface area contributed by atoms with Gasteiger partial charge in [-0.2, -0.15) is 9.78 Å². The van der Waals surface area contributed by atoms with Gasteiger partial charge in [0.1, 0.15) is 0 Å². The maximum Gasteiger partial charge on any atom is 0.367 e. The molecule has 0 radical (unpaired) electrons. The molecule has 7 heteroatoms. The Morgan fingerprint density at radius 3 is 0.783 bits per heavy atom. The highest BCUT2D eigenvalue weighted by Crippen LogP contribution is 2.15. The summed E-state index contributed by atoms with van der Waals surface area (Å²) in [5.74, 6) is -1.65. The lowest BCUT2D eigenvalue weighted by Gasteiger charge is -2.08. The van der Waals surface area contributed by atoms with Gasteiger partial charge in [0.15, 0.2) is 0 Å². The summed E-state index contributed by atoms with van der Waals surface area (Å²) < 4.78 is 0. The number of alkyl halides is 1. The quantitative estimate of drug-likeness (QED) is 0.0208. The van der Waals surface area contributed by atoms with Crippen LogP contribution < -0.4 is 0 Å². The molecule has 0 heterocycles. The molecule has 0 spiro atoms. The molecule has 0 aromatic heterocycles. The Hall–Kier alpha value is -0.660. The first-order valence-corrected chi connectivity index (χ1v) is 20.9. The zero-order chi connectivity index (χ0) is 33.6. The molecule has 0 amide bonds. The Morgan fingerprint density at radius 1 is 0.370 bits per heavy atom. The van der Waals surface area contributed by atoms with E-state index in [0.29, 0.717) is 13.2 Å². The molecular weight excluding hydrogens is 644 g/mol. The summed E-state index contributed by atoms with van der Waals surface area (Å²) in [5, 5.41) is 0. The minimum Gasteiger partial charge on any atom is -0.296 e. The Labute approximate surface area is 293 Å². The maximum absolute atomic E-state index is 12.0. The molecule has 0 aliphatic rings. The Kier molecular flexibility index (Phi) is 38.2. The van der Waals surface area contributed by atoms with Crippen LogP contribution in [0.15, 0.2) is 0 Å². The largest absolute Gasteiger partial charge is 0.367 e. The number of hydrogen-bond acceptors (Lipinski definition) is 6. The molecule has 0 fully saturated rings. The average Bonchev–Trinajstić information content (AvgIpc) is 3.06. The van der Waals surface area contributed by atoms with Crippen LogP contribution in [-0.4, -0.2) is 30.0 Å². The summed E-state index contributed by atoms with van der Waals surface area (Å²) >= 11 is 3.00. The van der Waals surface area contributed by atoms with Crippen LogP contribution in [0.1, 0.15) is 219 Å². The van der Waals surface area contributed by atoms with E-state index in [-0.39, 0.29) is 0 Å². The van der Waals surface area contributed by atoms with E-state index < -0.39 is 16.8 Å². The van der Waals surface area contributed by atoms with Gasteiger partial charge in [0, 0.05) is 0 Å². The summed E-state index contributed by atoms with van der Waals surface area (Å²) in [7, 11) is 0. The molecule has 0 saturated heterocycles.